The number of rotatable bonds is 2. The van der Waals surface area contributed by atoms with Gasteiger partial charge in [-0.25, -0.2) is 4.39 Å². The zero-order valence-electron chi connectivity index (χ0n) is 11.7. The van der Waals surface area contributed by atoms with E-state index >= 15 is 0 Å². The molecule has 0 spiro atoms. The highest BCUT2D eigenvalue weighted by Gasteiger charge is 2.34. The highest BCUT2D eigenvalue weighted by atomic mass is 19.4. The van der Waals surface area contributed by atoms with E-state index in [9.17, 15) is 22.4 Å². The number of hydrogen-bond donors (Lipinski definition) is 1. The summed E-state index contributed by atoms with van der Waals surface area (Å²) in [6, 6.07) is 9.92. The lowest BCUT2D eigenvalue weighted by atomic mass is 10.1. The van der Waals surface area contributed by atoms with Gasteiger partial charge in [0.2, 0.25) is 0 Å². The number of carbonyl (C=O) groups excluding carboxylic acids is 1. The van der Waals surface area contributed by atoms with Crippen LogP contribution in [0.3, 0.4) is 0 Å². The van der Waals surface area contributed by atoms with Crippen LogP contribution in [0.15, 0.2) is 48.5 Å². The van der Waals surface area contributed by atoms with E-state index in [-0.39, 0.29) is 6.54 Å². The molecule has 23 heavy (non-hydrogen) atoms. The molecule has 0 heterocycles. The maximum atomic E-state index is 12.8. The van der Waals surface area contributed by atoms with Crippen molar-refractivity contribution in [2.75, 3.05) is 6.54 Å². The lowest BCUT2D eigenvalue weighted by Gasteiger charge is -2.11. The number of amides is 1. The van der Waals surface area contributed by atoms with E-state index in [1.807, 2.05) is 0 Å². The van der Waals surface area contributed by atoms with Gasteiger partial charge in [0.15, 0.2) is 0 Å². The third kappa shape index (κ3) is 4.58. The van der Waals surface area contributed by atoms with E-state index in [4.69, 9.17) is 0 Å². The molecule has 118 valence electrons. The number of benzene rings is 2. The molecule has 2 aromatic carbocycles. The first-order chi connectivity index (χ1) is 10.9. The van der Waals surface area contributed by atoms with Crippen LogP contribution in [0.25, 0.3) is 0 Å². The Bertz CT molecular complexity index is 755. The van der Waals surface area contributed by atoms with Gasteiger partial charge in [0.25, 0.3) is 5.91 Å². The van der Waals surface area contributed by atoms with Crippen molar-refractivity contribution in [2.45, 2.75) is 6.18 Å². The summed E-state index contributed by atoms with van der Waals surface area (Å²) in [7, 11) is 0. The van der Waals surface area contributed by atoms with Crippen LogP contribution >= 0.6 is 0 Å². The number of carbonyl (C=O) groups is 1. The van der Waals surface area contributed by atoms with Gasteiger partial charge in [-0.1, -0.05) is 24.0 Å². The zero-order valence-corrected chi connectivity index (χ0v) is 11.7. The van der Waals surface area contributed by atoms with E-state index < -0.39 is 29.0 Å². The first-order valence-electron chi connectivity index (χ1n) is 6.57. The summed E-state index contributed by atoms with van der Waals surface area (Å²) in [4.78, 5) is 11.8. The van der Waals surface area contributed by atoms with Crippen LogP contribution in [0.2, 0.25) is 0 Å². The molecular formula is C17H11F4NO. The second kappa shape index (κ2) is 6.97. The Labute approximate surface area is 130 Å². The highest BCUT2D eigenvalue weighted by Crippen LogP contribution is 2.31. The number of nitrogens with one attached hydrogen (secondary N) is 1. The van der Waals surface area contributed by atoms with Crippen molar-refractivity contribution in [1.29, 1.82) is 0 Å². The second-order valence-electron chi connectivity index (χ2n) is 4.53. The highest BCUT2D eigenvalue weighted by molar-refractivity contribution is 5.96. The molecule has 6 heteroatoms. The molecule has 0 saturated heterocycles. The molecular weight excluding hydrogens is 310 g/mol. The summed E-state index contributed by atoms with van der Waals surface area (Å²) in [6.07, 6.45) is -4.60. The molecule has 0 aromatic heterocycles. The maximum Gasteiger partial charge on any atom is 0.417 e. The largest absolute Gasteiger partial charge is 0.417 e. The second-order valence-corrected chi connectivity index (χ2v) is 4.53. The molecule has 0 fully saturated rings. The van der Waals surface area contributed by atoms with E-state index in [0.29, 0.717) is 5.56 Å². The SMILES string of the molecule is O=C(NCC#Cc1ccc(F)cc1)c1ccccc1C(F)(F)F. The van der Waals surface area contributed by atoms with Crippen LogP contribution < -0.4 is 5.32 Å². The Balaban J connectivity index is 2.03. The normalized spacial score (nSPS) is 10.6. The first kappa shape index (κ1) is 16.6. The van der Waals surface area contributed by atoms with Gasteiger partial charge in [-0.15, -0.1) is 0 Å². The van der Waals surface area contributed by atoms with Gasteiger partial charge in [-0.3, -0.25) is 4.79 Å². The van der Waals surface area contributed by atoms with Crippen LogP contribution in [0.5, 0.6) is 0 Å². The maximum absolute atomic E-state index is 12.8. The Morgan fingerprint density at radius 3 is 2.35 bits per heavy atom. The fourth-order valence-electron chi connectivity index (χ4n) is 1.83. The zero-order chi connectivity index (χ0) is 16.9. The van der Waals surface area contributed by atoms with Crippen molar-refractivity contribution < 1.29 is 22.4 Å². The third-order valence-electron chi connectivity index (χ3n) is 2.89. The Morgan fingerprint density at radius 1 is 1.04 bits per heavy atom. The standard InChI is InChI=1S/C17H11F4NO/c18-13-9-7-12(8-10-13)4-3-11-22-16(23)14-5-1-2-6-15(14)17(19,20)21/h1-2,5-10H,11H2,(H,22,23). The van der Waals surface area contributed by atoms with Crippen LogP contribution in [0.1, 0.15) is 21.5 Å². The Morgan fingerprint density at radius 2 is 1.70 bits per heavy atom. The topological polar surface area (TPSA) is 29.1 Å². The van der Waals surface area contributed by atoms with E-state index in [1.165, 1.54) is 36.4 Å². The van der Waals surface area contributed by atoms with Gasteiger partial charge in [-0.05, 0) is 36.4 Å². The first-order valence-corrected chi connectivity index (χ1v) is 6.57. The van der Waals surface area contributed by atoms with Gasteiger partial charge in [-0.2, -0.15) is 13.2 Å². The van der Waals surface area contributed by atoms with Gasteiger partial charge >= 0.3 is 6.18 Å². The quantitative estimate of drug-likeness (QED) is 0.664. The van der Waals surface area contributed by atoms with Gasteiger partial charge in [0.1, 0.15) is 5.82 Å². The minimum atomic E-state index is -4.60. The van der Waals surface area contributed by atoms with E-state index in [2.05, 4.69) is 17.2 Å². The van der Waals surface area contributed by atoms with Gasteiger partial charge in [0.05, 0.1) is 17.7 Å². The molecule has 0 aliphatic rings. The van der Waals surface area contributed by atoms with Crippen LogP contribution in [-0.2, 0) is 6.18 Å². The molecule has 0 saturated carbocycles. The molecule has 1 N–H and O–H groups in total. The molecule has 2 aromatic rings. The predicted molar refractivity (Wildman–Crippen MR) is 77.1 cm³/mol. The molecule has 0 radical (unpaired) electrons. The molecule has 1 amide bonds. The number of alkyl halides is 3. The summed E-state index contributed by atoms with van der Waals surface area (Å²) < 4.78 is 51.1. The van der Waals surface area contributed by atoms with E-state index in [1.54, 1.807) is 0 Å². The average molecular weight is 321 g/mol. The molecule has 0 bridgehead atoms. The molecule has 0 aliphatic carbocycles. The fraction of sp³-hybridized carbons (Fsp3) is 0.118. The summed E-state index contributed by atoms with van der Waals surface area (Å²) in [5, 5.41) is 2.31. The van der Waals surface area contributed by atoms with Crippen molar-refractivity contribution in [3.63, 3.8) is 0 Å². The van der Waals surface area contributed by atoms with Crippen LogP contribution in [0, 0.1) is 17.7 Å². The van der Waals surface area contributed by atoms with Crippen molar-refractivity contribution in [2.24, 2.45) is 0 Å². The lowest BCUT2D eigenvalue weighted by molar-refractivity contribution is -0.137. The smallest absolute Gasteiger partial charge is 0.341 e. The molecule has 2 nitrogen and oxygen atoms in total. The fourth-order valence-corrected chi connectivity index (χ4v) is 1.83. The minimum Gasteiger partial charge on any atom is -0.341 e. The number of hydrogen-bond acceptors (Lipinski definition) is 1. The average Bonchev–Trinajstić information content (AvgIpc) is 2.52. The van der Waals surface area contributed by atoms with Crippen molar-refractivity contribution in [1.82, 2.24) is 5.32 Å². The van der Waals surface area contributed by atoms with Crippen molar-refractivity contribution >= 4 is 5.91 Å². The van der Waals surface area contributed by atoms with E-state index in [0.717, 1.165) is 12.1 Å². The van der Waals surface area contributed by atoms with Crippen molar-refractivity contribution in [3.8, 4) is 11.8 Å². The minimum absolute atomic E-state index is 0.123. The molecule has 0 atom stereocenters. The monoisotopic (exact) mass is 321 g/mol. The van der Waals surface area contributed by atoms with Gasteiger partial charge in [0, 0.05) is 5.56 Å². The predicted octanol–water partition coefficient (Wildman–Crippen LogP) is 3.63. The Hall–Kier alpha value is -2.81. The Kier molecular flexibility index (Phi) is 5.02. The summed E-state index contributed by atoms with van der Waals surface area (Å²) in [5.41, 5.74) is -0.913. The molecule has 0 unspecified atom stereocenters. The third-order valence-corrected chi connectivity index (χ3v) is 2.89. The van der Waals surface area contributed by atoms with Crippen LogP contribution in [-0.4, -0.2) is 12.5 Å². The lowest BCUT2D eigenvalue weighted by Crippen LogP contribution is -2.26. The van der Waals surface area contributed by atoms with Crippen LogP contribution in [0.4, 0.5) is 17.6 Å². The molecule has 0 aliphatic heterocycles. The van der Waals surface area contributed by atoms with Crippen molar-refractivity contribution in [3.05, 3.63) is 71.0 Å². The van der Waals surface area contributed by atoms with Gasteiger partial charge < -0.3 is 5.32 Å². The number of halogens is 4. The summed E-state index contributed by atoms with van der Waals surface area (Å²) in [5.74, 6) is 4.01. The summed E-state index contributed by atoms with van der Waals surface area (Å²) >= 11 is 0. The summed E-state index contributed by atoms with van der Waals surface area (Å²) in [6.45, 7) is -0.123. The molecule has 2 rings (SSSR count).